The molecule has 0 amide bonds. The zero-order chi connectivity index (χ0) is 13.8. The van der Waals surface area contributed by atoms with Crippen LogP contribution in [0.2, 0.25) is 0 Å². The molecule has 1 unspecified atom stereocenters. The van der Waals surface area contributed by atoms with E-state index in [1.807, 2.05) is 30.3 Å². The van der Waals surface area contributed by atoms with Gasteiger partial charge in [0.05, 0.1) is 18.2 Å². The molecular formula is C15H16N2O3. The Morgan fingerprint density at radius 2 is 2.20 bits per heavy atom. The van der Waals surface area contributed by atoms with Crippen molar-refractivity contribution in [3.8, 4) is 16.9 Å². The van der Waals surface area contributed by atoms with Crippen molar-refractivity contribution >= 4 is 5.71 Å². The van der Waals surface area contributed by atoms with Crippen LogP contribution in [0.5, 0.6) is 5.75 Å². The van der Waals surface area contributed by atoms with E-state index in [0.717, 1.165) is 29.0 Å². The number of rotatable bonds is 5. The van der Waals surface area contributed by atoms with Gasteiger partial charge >= 0.3 is 0 Å². The highest BCUT2D eigenvalue weighted by atomic mass is 16.7. The fourth-order valence-corrected chi connectivity index (χ4v) is 2.13. The average Bonchev–Trinajstić information content (AvgIpc) is 3.17. The van der Waals surface area contributed by atoms with E-state index in [0.29, 0.717) is 13.2 Å². The topological polar surface area (TPSA) is 70.0 Å². The van der Waals surface area contributed by atoms with Crippen molar-refractivity contribution in [3.05, 3.63) is 42.9 Å². The minimum absolute atomic E-state index is 0.0639. The van der Waals surface area contributed by atoms with Gasteiger partial charge in [0.2, 0.25) is 0 Å². The van der Waals surface area contributed by atoms with Crippen LogP contribution in [0.25, 0.3) is 11.1 Å². The van der Waals surface area contributed by atoms with Crippen LogP contribution in [-0.2, 0) is 4.84 Å². The summed E-state index contributed by atoms with van der Waals surface area (Å²) in [5.74, 6) is 0.804. The normalized spacial score (nSPS) is 17.6. The second kappa shape index (κ2) is 5.79. The summed E-state index contributed by atoms with van der Waals surface area (Å²) in [5.41, 5.74) is 8.40. The number of hydrogen-bond donors (Lipinski definition) is 1. The molecule has 0 bridgehead atoms. The molecule has 2 aromatic rings. The maximum atomic E-state index is 5.86. The molecule has 0 fully saturated rings. The SMILES string of the molecule is NCC1=NOC(COc2ccccc2-c2ccoc2)C1. The summed E-state index contributed by atoms with van der Waals surface area (Å²) in [4.78, 5) is 5.27. The molecule has 2 N–H and O–H groups in total. The Bertz CT molecular complexity index is 593. The smallest absolute Gasteiger partial charge is 0.166 e. The van der Waals surface area contributed by atoms with Gasteiger partial charge in [0.1, 0.15) is 12.4 Å². The first-order valence-corrected chi connectivity index (χ1v) is 6.53. The first-order chi connectivity index (χ1) is 9.86. The van der Waals surface area contributed by atoms with E-state index < -0.39 is 0 Å². The predicted molar refractivity (Wildman–Crippen MR) is 75.6 cm³/mol. The second-order valence-electron chi connectivity index (χ2n) is 4.61. The van der Waals surface area contributed by atoms with Crippen LogP contribution < -0.4 is 10.5 Å². The monoisotopic (exact) mass is 272 g/mol. The van der Waals surface area contributed by atoms with Crippen LogP contribution in [0.3, 0.4) is 0 Å². The van der Waals surface area contributed by atoms with E-state index in [1.54, 1.807) is 12.5 Å². The summed E-state index contributed by atoms with van der Waals surface area (Å²) >= 11 is 0. The Labute approximate surface area is 117 Å². The number of ether oxygens (including phenoxy) is 1. The molecule has 2 heterocycles. The summed E-state index contributed by atoms with van der Waals surface area (Å²) in [5, 5.41) is 3.92. The lowest BCUT2D eigenvalue weighted by Crippen LogP contribution is -2.20. The van der Waals surface area contributed by atoms with Gasteiger partial charge in [-0.1, -0.05) is 23.4 Å². The molecule has 1 aromatic carbocycles. The van der Waals surface area contributed by atoms with Crippen LogP contribution in [-0.4, -0.2) is 25.0 Å². The summed E-state index contributed by atoms with van der Waals surface area (Å²) in [6.07, 6.45) is 4.01. The van der Waals surface area contributed by atoms with Crippen molar-refractivity contribution < 1.29 is 14.0 Å². The molecule has 1 aliphatic heterocycles. The first-order valence-electron chi connectivity index (χ1n) is 6.53. The minimum atomic E-state index is -0.0639. The molecule has 5 nitrogen and oxygen atoms in total. The van der Waals surface area contributed by atoms with Crippen LogP contribution in [0.15, 0.2) is 52.4 Å². The summed E-state index contributed by atoms with van der Waals surface area (Å²) in [7, 11) is 0. The summed E-state index contributed by atoms with van der Waals surface area (Å²) in [6, 6.07) is 9.75. The number of oxime groups is 1. The maximum Gasteiger partial charge on any atom is 0.166 e. The van der Waals surface area contributed by atoms with Gasteiger partial charge in [-0.25, -0.2) is 0 Å². The molecule has 0 spiro atoms. The van der Waals surface area contributed by atoms with Crippen LogP contribution in [0, 0.1) is 0 Å². The van der Waals surface area contributed by atoms with Crippen molar-refractivity contribution in [2.45, 2.75) is 12.5 Å². The van der Waals surface area contributed by atoms with Gasteiger partial charge in [-0.3, -0.25) is 0 Å². The summed E-state index contributed by atoms with van der Waals surface area (Å²) in [6.45, 7) is 0.879. The lowest BCUT2D eigenvalue weighted by Gasteiger charge is -2.13. The van der Waals surface area contributed by atoms with Crippen molar-refractivity contribution in [2.24, 2.45) is 10.9 Å². The number of hydrogen-bond acceptors (Lipinski definition) is 5. The lowest BCUT2D eigenvalue weighted by molar-refractivity contribution is 0.0472. The zero-order valence-corrected chi connectivity index (χ0v) is 11.0. The van der Waals surface area contributed by atoms with Gasteiger partial charge in [-0.15, -0.1) is 0 Å². The molecule has 0 saturated carbocycles. The zero-order valence-electron chi connectivity index (χ0n) is 11.0. The highest BCUT2D eigenvalue weighted by Crippen LogP contribution is 2.30. The highest BCUT2D eigenvalue weighted by Gasteiger charge is 2.21. The highest BCUT2D eigenvalue weighted by molar-refractivity contribution is 5.87. The molecule has 1 atom stereocenters. The lowest BCUT2D eigenvalue weighted by atomic mass is 10.1. The molecule has 20 heavy (non-hydrogen) atoms. The molecule has 1 aliphatic rings. The minimum Gasteiger partial charge on any atom is -0.489 e. The summed E-state index contributed by atoms with van der Waals surface area (Å²) < 4.78 is 11.0. The van der Waals surface area contributed by atoms with Crippen molar-refractivity contribution in [1.29, 1.82) is 0 Å². The number of nitrogens with two attached hydrogens (primary N) is 1. The Kier molecular flexibility index (Phi) is 3.69. The third-order valence-corrected chi connectivity index (χ3v) is 3.17. The fourth-order valence-electron chi connectivity index (χ4n) is 2.13. The van der Waals surface area contributed by atoms with Gasteiger partial charge in [-0.05, 0) is 12.1 Å². The maximum absolute atomic E-state index is 5.86. The molecule has 0 aliphatic carbocycles. The van der Waals surface area contributed by atoms with Crippen LogP contribution in [0.1, 0.15) is 6.42 Å². The predicted octanol–water partition coefficient (Wildman–Crippen LogP) is 2.43. The van der Waals surface area contributed by atoms with Gasteiger partial charge in [-0.2, -0.15) is 0 Å². The van der Waals surface area contributed by atoms with E-state index in [4.69, 9.17) is 19.7 Å². The average molecular weight is 272 g/mol. The van der Waals surface area contributed by atoms with E-state index >= 15 is 0 Å². The Balaban J connectivity index is 1.67. The molecule has 0 saturated heterocycles. The number of benzene rings is 1. The molecule has 0 radical (unpaired) electrons. The Morgan fingerprint density at radius 1 is 1.30 bits per heavy atom. The van der Waals surface area contributed by atoms with E-state index in [-0.39, 0.29) is 6.10 Å². The number of nitrogens with zero attached hydrogens (tertiary/aromatic N) is 1. The second-order valence-corrected chi connectivity index (χ2v) is 4.61. The van der Waals surface area contributed by atoms with Gasteiger partial charge < -0.3 is 19.7 Å². The molecule has 3 rings (SSSR count). The molecule has 5 heteroatoms. The van der Waals surface area contributed by atoms with Gasteiger partial charge in [0, 0.05) is 24.1 Å². The number of para-hydroxylation sites is 1. The standard InChI is InChI=1S/C15H16N2O3/c16-8-12-7-13(20-17-12)10-19-15-4-2-1-3-14(15)11-5-6-18-9-11/h1-6,9,13H,7-8,10,16H2. The third-order valence-electron chi connectivity index (χ3n) is 3.17. The van der Waals surface area contributed by atoms with Crippen molar-refractivity contribution in [1.82, 2.24) is 0 Å². The fraction of sp³-hybridized carbons (Fsp3) is 0.267. The largest absolute Gasteiger partial charge is 0.489 e. The van der Waals surface area contributed by atoms with Crippen LogP contribution in [0.4, 0.5) is 0 Å². The molecule has 104 valence electrons. The third kappa shape index (κ3) is 2.67. The van der Waals surface area contributed by atoms with Gasteiger partial charge in [0.15, 0.2) is 6.10 Å². The Hall–Kier alpha value is -2.27. The van der Waals surface area contributed by atoms with Crippen molar-refractivity contribution in [2.75, 3.05) is 13.2 Å². The van der Waals surface area contributed by atoms with E-state index in [1.165, 1.54) is 0 Å². The van der Waals surface area contributed by atoms with E-state index in [2.05, 4.69) is 5.16 Å². The van der Waals surface area contributed by atoms with E-state index in [9.17, 15) is 0 Å². The molecule has 1 aromatic heterocycles. The van der Waals surface area contributed by atoms with Crippen LogP contribution >= 0.6 is 0 Å². The molecular weight excluding hydrogens is 256 g/mol. The quantitative estimate of drug-likeness (QED) is 0.907. The first kappa shape index (κ1) is 12.7. The van der Waals surface area contributed by atoms with Crippen molar-refractivity contribution in [3.63, 3.8) is 0 Å². The van der Waals surface area contributed by atoms with Gasteiger partial charge in [0.25, 0.3) is 0 Å². The Morgan fingerprint density at radius 3 is 2.95 bits per heavy atom. The number of furan rings is 1.